The van der Waals surface area contributed by atoms with Gasteiger partial charge in [-0.15, -0.1) is 0 Å². The van der Waals surface area contributed by atoms with Gasteiger partial charge in [0.05, 0.1) is 23.9 Å². The molecule has 2 fully saturated rings. The number of thiazole rings is 1. The summed E-state index contributed by atoms with van der Waals surface area (Å²) in [5.74, 6) is 0.146. The molecule has 6 rings (SSSR count). The predicted molar refractivity (Wildman–Crippen MR) is 153 cm³/mol. The number of benzene rings is 2. The number of piperidine rings is 1. The highest BCUT2D eigenvalue weighted by Gasteiger charge is 2.31. The molecule has 0 atom stereocenters. The number of aliphatic hydroxyl groups excluding tert-OH is 1. The maximum Gasteiger partial charge on any atom is 0.236 e. The number of fused-ring (bicyclic) bond motifs is 1. The second-order valence-electron chi connectivity index (χ2n) is 10.5. The molecule has 8 nitrogen and oxygen atoms in total. The van der Waals surface area contributed by atoms with Gasteiger partial charge in [0, 0.05) is 37.3 Å². The van der Waals surface area contributed by atoms with Gasteiger partial charge in [0.1, 0.15) is 22.5 Å². The first kappa shape index (κ1) is 26.3. The Morgan fingerprint density at radius 2 is 1.93 bits per heavy atom. The Bertz CT molecular complexity index is 1590. The van der Waals surface area contributed by atoms with Gasteiger partial charge < -0.3 is 14.9 Å². The Morgan fingerprint density at radius 3 is 2.62 bits per heavy atom. The molecular weight excluding hydrogens is 527 g/mol. The number of likely N-dealkylation sites (tertiary alicyclic amines) is 2. The molecule has 40 heavy (non-hydrogen) atoms. The lowest BCUT2D eigenvalue weighted by Crippen LogP contribution is -2.56. The molecule has 2 aliphatic rings. The molecule has 0 radical (unpaired) electrons. The number of amides is 1. The molecule has 0 aliphatic carbocycles. The molecule has 0 unspecified atom stereocenters. The fourth-order valence-electron chi connectivity index (χ4n) is 5.50. The van der Waals surface area contributed by atoms with Gasteiger partial charge in [-0.2, -0.15) is 5.26 Å². The van der Waals surface area contributed by atoms with Crippen molar-refractivity contribution in [1.82, 2.24) is 19.8 Å². The summed E-state index contributed by atoms with van der Waals surface area (Å²) in [6, 6.07) is 16.6. The number of halogens is 1. The smallest absolute Gasteiger partial charge is 0.236 e. The normalized spacial score (nSPS) is 16.6. The molecule has 0 spiro atoms. The van der Waals surface area contributed by atoms with Crippen molar-refractivity contribution >= 4 is 39.0 Å². The fraction of sp³-hybridized carbons (Fsp3) is 0.333. The summed E-state index contributed by atoms with van der Waals surface area (Å²) in [7, 11) is 1.93. The zero-order valence-electron chi connectivity index (χ0n) is 22.1. The summed E-state index contributed by atoms with van der Waals surface area (Å²) >= 11 is 1.30. The topological polar surface area (TPSA) is 96.6 Å². The summed E-state index contributed by atoms with van der Waals surface area (Å²) in [5.41, 5.74) is 4.31. The number of rotatable bonds is 6. The van der Waals surface area contributed by atoms with Crippen LogP contribution in [-0.2, 0) is 4.79 Å². The van der Waals surface area contributed by atoms with Crippen molar-refractivity contribution in [3.8, 4) is 17.3 Å². The Morgan fingerprint density at radius 1 is 1.18 bits per heavy atom. The third kappa shape index (κ3) is 5.16. The SMILES string of the molecule is CN(c1nc(-c2ccc(F)cc2)c(C#N)s1)c1ccnc2ccc(C3CCN(CC(=O)N4CC(O)C4)CC3)cc12. The molecule has 2 aliphatic heterocycles. The Balaban J connectivity index is 1.21. The van der Waals surface area contributed by atoms with Crippen LogP contribution in [0.5, 0.6) is 0 Å². The van der Waals surface area contributed by atoms with E-state index in [0.29, 0.717) is 46.8 Å². The lowest BCUT2D eigenvalue weighted by molar-refractivity contribution is -0.142. The molecule has 2 aromatic carbocycles. The first-order valence-corrected chi connectivity index (χ1v) is 14.2. The van der Waals surface area contributed by atoms with E-state index in [-0.39, 0.29) is 17.8 Å². The van der Waals surface area contributed by atoms with Crippen LogP contribution in [-0.4, -0.2) is 76.7 Å². The van der Waals surface area contributed by atoms with Gasteiger partial charge in [-0.1, -0.05) is 17.4 Å². The van der Waals surface area contributed by atoms with E-state index in [2.05, 4.69) is 34.2 Å². The molecule has 2 aromatic heterocycles. The minimum atomic E-state index is -0.373. The van der Waals surface area contributed by atoms with Gasteiger partial charge >= 0.3 is 0 Å². The summed E-state index contributed by atoms with van der Waals surface area (Å²) in [6.45, 7) is 3.02. The molecule has 1 amide bonds. The zero-order valence-corrected chi connectivity index (χ0v) is 22.9. The third-order valence-corrected chi connectivity index (χ3v) is 8.90. The van der Waals surface area contributed by atoms with Crippen molar-refractivity contribution in [2.24, 2.45) is 0 Å². The van der Waals surface area contributed by atoms with Gasteiger partial charge in [-0.05, 0) is 79.9 Å². The van der Waals surface area contributed by atoms with E-state index < -0.39 is 0 Å². The molecule has 0 bridgehead atoms. The largest absolute Gasteiger partial charge is 0.389 e. The van der Waals surface area contributed by atoms with Crippen LogP contribution in [0.15, 0.2) is 54.7 Å². The van der Waals surface area contributed by atoms with Gasteiger partial charge in [0.15, 0.2) is 5.13 Å². The van der Waals surface area contributed by atoms with Crippen LogP contribution in [0.3, 0.4) is 0 Å². The highest BCUT2D eigenvalue weighted by Crippen LogP contribution is 2.38. The summed E-state index contributed by atoms with van der Waals surface area (Å²) in [4.78, 5) is 28.1. The first-order valence-electron chi connectivity index (χ1n) is 13.4. The number of pyridine rings is 1. The van der Waals surface area contributed by atoms with Gasteiger partial charge in [0.2, 0.25) is 5.91 Å². The zero-order chi connectivity index (χ0) is 27.8. The van der Waals surface area contributed by atoms with Crippen LogP contribution in [0.4, 0.5) is 15.2 Å². The van der Waals surface area contributed by atoms with Crippen molar-refractivity contribution in [2.75, 3.05) is 44.7 Å². The molecule has 10 heteroatoms. The second-order valence-corrected chi connectivity index (χ2v) is 11.4. The van der Waals surface area contributed by atoms with E-state index in [0.717, 1.165) is 42.5 Å². The average molecular weight is 557 g/mol. The van der Waals surface area contributed by atoms with E-state index in [9.17, 15) is 19.6 Å². The highest BCUT2D eigenvalue weighted by molar-refractivity contribution is 7.16. The summed E-state index contributed by atoms with van der Waals surface area (Å²) < 4.78 is 13.5. The van der Waals surface area contributed by atoms with Crippen molar-refractivity contribution in [2.45, 2.75) is 24.9 Å². The third-order valence-electron chi connectivity index (χ3n) is 7.86. The van der Waals surface area contributed by atoms with E-state index in [4.69, 9.17) is 4.98 Å². The summed E-state index contributed by atoms with van der Waals surface area (Å²) in [5, 5.41) is 20.9. The number of aromatic nitrogens is 2. The van der Waals surface area contributed by atoms with Crippen molar-refractivity contribution < 1.29 is 14.3 Å². The van der Waals surface area contributed by atoms with Crippen molar-refractivity contribution in [3.05, 3.63) is 71.0 Å². The van der Waals surface area contributed by atoms with Crippen molar-refractivity contribution in [1.29, 1.82) is 5.26 Å². The molecule has 1 N–H and O–H groups in total. The number of hydrogen-bond donors (Lipinski definition) is 1. The van der Waals surface area contributed by atoms with Crippen LogP contribution in [0, 0.1) is 17.1 Å². The minimum absolute atomic E-state index is 0.0949. The Labute approximate surface area is 235 Å². The predicted octanol–water partition coefficient (Wildman–Crippen LogP) is 4.52. The monoisotopic (exact) mass is 556 g/mol. The van der Waals surface area contributed by atoms with Crippen molar-refractivity contribution in [3.63, 3.8) is 0 Å². The van der Waals surface area contributed by atoms with E-state index in [1.54, 1.807) is 23.2 Å². The second kappa shape index (κ2) is 10.9. The molecular formula is C30H29FN6O2S. The quantitative estimate of drug-likeness (QED) is 0.373. The van der Waals surface area contributed by atoms with E-state index >= 15 is 0 Å². The number of hydrogen-bond acceptors (Lipinski definition) is 8. The van der Waals surface area contributed by atoms with Gasteiger partial charge in [0.25, 0.3) is 0 Å². The van der Waals surface area contributed by atoms with Crippen LogP contribution < -0.4 is 4.90 Å². The number of aliphatic hydroxyl groups is 1. The Hall–Kier alpha value is -3.91. The lowest BCUT2D eigenvalue weighted by atomic mass is 9.88. The average Bonchev–Trinajstić information content (AvgIpc) is 3.40. The number of β-amino-alcohol motifs (C(OH)–C–C–N with tert-alkyl or cyclic N) is 1. The number of carbonyl (C=O) groups is 1. The van der Waals surface area contributed by atoms with Gasteiger partial charge in [-0.25, -0.2) is 9.37 Å². The first-order chi connectivity index (χ1) is 19.4. The van der Waals surface area contributed by atoms with E-state index in [1.807, 2.05) is 18.0 Å². The standard InChI is InChI=1S/C30H29FN6O2S/c1-35(30-34-29(27(15-32)40-30)20-2-5-22(31)6-3-20)26-8-11-33-25-7-4-21(14-24(25)26)19-9-12-36(13-10-19)18-28(39)37-16-23(38)17-37/h2-8,11,14,19,23,38H,9-10,12-13,16-18H2,1H3. The number of nitriles is 1. The maximum atomic E-state index is 13.5. The van der Waals surface area contributed by atoms with Crippen LogP contribution in [0.2, 0.25) is 0 Å². The lowest BCUT2D eigenvalue weighted by Gasteiger charge is -2.38. The van der Waals surface area contributed by atoms with Crippen LogP contribution in [0.1, 0.15) is 29.2 Å². The maximum absolute atomic E-state index is 13.5. The molecule has 4 heterocycles. The minimum Gasteiger partial charge on any atom is -0.389 e. The Kier molecular flexibility index (Phi) is 7.19. The van der Waals surface area contributed by atoms with E-state index in [1.165, 1.54) is 29.0 Å². The number of anilines is 2. The number of nitrogens with zero attached hydrogens (tertiary/aromatic N) is 6. The van der Waals surface area contributed by atoms with Crippen LogP contribution >= 0.6 is 11.3 Å². The molecule has 4 aromatic rings. The molecule has 204 valence electrons. The van der Waals surface area contributed by atoms with Crippen LogP contribution in [0.25, 0.3) is 22.2 Å². The number of carbonyl (C=O) groups excluding carboxylic acids is 1. The highest BCUT2D eigenvalue weighted by atomic mass is 32.1. The fourth-order valence-corrected chi connectivity index (χ4v) is 6.37. The van der Waals surface area contributed by atoms with Gasteiger partial charge in [-0.3, -0.25) is 14.7 Å². The summed E-state index contributed by atoms with van der Waals surface area (Å²) in [6.07, 6.45) is 3.33. The molecule has 2 saturated heterocycles. The molecule has 0 saturated carbocycles.